The summed E-state index contributed by atoms with van der Waals surface area (Å²) in [7, 11) is 0. The molecule has 1 aliphatic carbocycles. The third kappa shape index (κ3) is 3.98. The number of thioether (sulfide) groups is 1. The molecule has 0 radical (unpaired) electrons. The van der Waals surface area contributed by atoms with Gasteiger partial charge in [0, 0.05) is 18.2 Å². The Morgan fingerprint density at radius 2 is 2.32 bits per heavy atom. The standard InChI is InChI=1S/C13H18N6OS2/c1-8(2)19-10(5-6-14-19)16-11(20)7-21-13-18-17-12(22-13)15-9-3-4-9/h5-6,8-9H,3-4,7H2,1-2H3,(H,15,17)(H,16,20). The molecular weight excluding hydrogens is 320 g/mol. The Hall–Kier alpha value is -1.61. The summed E-state index contributed by atoms with van der Waals surface area (Å²) in [6.45, 7) is 4.04. The van der Waals surface area contributed by atoms with Crippen molar-refractivity contribution in [2.45, 2.75) is 43.1 Å². The largest absolute Gasteiger partial charge is 0.357 e. The molecule has 1 saturated carbocycles. The Labute approximate surface area is 136 Å². The first kappa shape index (κ1) is 15.3. The van der Waals surface area contributed by atoms with Crippen LogP contribution in [0.4, 0.5) is 10.9 Å². The monoisotopic (exact) mass is 338 g/mol. The Balaban J connectivity index is 1.49. The van der Waals surface area contributed by atoms with E-state index in [0.29, 0.717) is 17.6 Å². The van der Waals surface area contributed by atoms with E-state index in [0.717, 1.165) is 9.47 Å². The molecule has 3 rings (SSSR count). The molecule has 2 aromatic heterocycles. The van der Waals surface area contributed by atoms with Crippen LogP contribution in [0.2, 0.25) is 0 Å². The van der Waals surface area contributed by atoms with Crippen LogP contribution in [-0.4, -0.2) is 37.7 Å². The zero-order valence-corrected chi connectivity index (χ0v) is 14.1. The van der Waals surface area contributed by atoms with Gasteiger partial charge in [-0.25, -0.2) is 4.68 Å². The molecule has 9 heteroatoms. The van der Waals surface area contributed by atoms with E-state index in [1.165, 1.54) is 35.9 Å². The molecule has 2 heterocycles. The molecule has 118 valence electrons. The maximum absolute atomic E-state index is 12.0. The van der Waals surface area contributed by atoms with Gasteiger partial charge in [0.05, 0.1) is 11.9 Å². The number of nitrogens with zero attached hydrogens (tertiary/aromatic N) is 4. The number of anilines is 2. The highest BCUT2D eigenvalue weighted by Gasteiger charge is 2.22. The van der Waals surface area contributed by atoms with Crippen LogP contribution in [0.1, 0.15) is 32.7 Å². The number of carbonyl (C=O) groups excluding carboxylic acids is 1. The maximum Gasteiger partial charge on any atom is 0.235 e. The van der Waals surface area contributed by atoms with Gasteiger partial charge in [0.1, 0.15) is 5.82 Å². The zero-order chi connectivity index (χ0) is 15.5. The van der Waals surface area contributed by atoms with Crippen LogP contribution in [-0.2, 0) is 4.79 Å². The van der Waals surface area contributed by atoms with Gasteiger partial charge in [-0.15, -0.1) is 10.2 Å². The SMILES string of the molecule is CC(C)n1nccc1NC(=O)CSc1nnc(NC2CC2)s1. The molecule has 0 unspecified atom stereocenters. The lowest BCUT2D eigenvalue weighted by Crippen LogP contribution is -2.18. The van der Waals surface area contributed by atoms with Gasteiger partial charge < -0.3 is 10.6 Å². The molecule has 0 bridgehead atoms. The van der Waals surface area contributed by atoms with Crippen molar-refractivity contribution in [2.75, 3.05) is 16.4 Å². The van der Waals surface area contributed by atoms with Crippen LogP contribution >= 0.6 is 23.1 Å². The van der Waals surface area contributed by atoms with E-state index in [4.69, 9.17) is 0 Å². The van der Waals surface area contributed by atoms with E-state index in [1.54, 1.807) is 16.9 Å². The summed E-state index contributed by atoms with van der Waals surface area (Å²) >= 11 is 2.89. The van der Waals surface area contributed by atoms with Gasteiger partial charge in [-0.2, -0.15) is 5.10 Å². The number of aromatic nitrogens is 4. The van der Waals surface area contributed by atoms with Gasteiger partial charge in [-0.3, -0.25) is 4.79 Å². The minimum absolute atomic E-state index is 0.0701. The van der Waals surface area contributed by atoms with Crippen molar-refractivity contribution in [1.29, 1.82) is 0 Å². The van der Waals surface area contributed by atoms with Crippen molar-refractivity contribution in [3.05, 3.63) is 12.3 Å². The number of rotatable bonds is 7. The van der Waals surface area contributed by atoms with Crippen molar-refractivity contribution < 1.29 is 4.79 Å². The molecule has 1 amide bonds. The van der Waals surface area contributed by atoms with Gasteiger partial charge >= 0.3 is 0 Å². The van der Waals surface area contributed by atoms with Crippen molar-refractivity contribution in [3.63, 3.8) is 0 Å². The van der Waals surface area contributed by atoms with Crippen LogP contribution in [0.25, 0.3) is 0 Å². The molecule has 1 aliphatic rings. The van der Waals surface area contributed by atoms with Gasteiger partial charge in [0.15, 0.2) is 4.34 Å². The van der Waals surface area contributed by atoms with E-state index in [9.17, 15) is 4.79 Å². The van der Waals surface area contributed by atoms with Crippen LogP contribution < -0.4 is 10.6 Å². The van der Waals surface area contributed by atoms with Crippen molar-refractivity contribution in [1.82, 2.24) is 20.0 Å². The third-order valence-corrected chi connectivity index (χ3v) is 5.05. The van der Waals surface area contributed by atoms with E-state index < -0.39 is 0 Å². The minimum atomic E-state index is -0.0701. The van der Waals surface area contributed by atoms with Crippen molar-refractivity contribution in [2.24, 2.45) is 0 Å². The average Bonchev–Trinajstić information content (AvgIpc) is 2.98. The predicted molar refractivity (Wildman–Crippen MR) is 88.5 cm³/mol. The lowest BCUT2D eigenvalue weighted by Gasteiger charge is -2.11. The molecule has 0 aromatic carbocycles. The average molecular weight is 338 g/mol. The Bertz CT molecular complexity index is 649. The summed E-state index contributed by atoms with van der Waals surface area (Å²) in [6.07, 6.45) is 4.09. The highest BCUT2D eigenvalue weighted by atomic mass is 32.2. The van der Waals surface area contributed by atoms with E-state index in [2.05, 4.69) is 25.9 Å². The second kappa shape index (κ2) is 6.66. The molecule has 2 aromatic rings. The van der Waals surface area contributed by atoms with Crippen LogP contribution in [0.15, 0.2) is 16.6 Å². The molecule has 22 heavy (non-hydrogen) atoms. The molecule has 0 spiro atoms. The Morgan fingerprint density at radius 1 is 1.50 bits per heavy atom. The Morgan fingerprint density at radius 3 is 3.05 bits per heavy atom. The fraction of sp³-hybridized carbons (Fsp3) is 0.538. The molecule has 0 atom stereocenters. The number of amides is 1. The molecule has 0 aliphatic heterocycles. The summed E-state index contributed by atoms with van der Waals surface area (Å²) in [5.41, 5.74) is 0. The van der Waals surface area contributed by atoms with E-state index in [1.807, 2.05) is 13.8 Å². The lowest BCUT2D eigenvalue weighted by molar-refractivity contribution is -0.113. The summed E-state index contributed by atoms with van der Waals surface area (Å²) in [5, 5.41) is 19.4. The predicted octanol–water partition coefficient (Wildman–Crippen LogP) is 2.62. The second-order valence-electron chi connectivity index (χ2n) is 5.38. The van der Waals surface area contributed by atoms with Crippen LogP contribution in [0, 0.1) is 0 Å². The molecular formula is C13H18N6OS2. The third-order valence-electron chi connectivity index (χ3n) is 3.07. The lowest BCUT2D eigenvalue weighted by atomic mass is 10.4. The highest BCUT2D eigenvalue weighted by molar-refractivity contribution is 8.01. The van der Waals surface area contributed by atoms with Crippen LogP contribution in [0.3, 0.4) is 0 Å². The first-order valence-corrected chi connectivity index (χ1v) is 8.98. The summed E-state index contributed by atoms with van der Waals surface area (Å²) in [5.74, 6) is 0.953. The highest BCUT2D eigenvalue weighted by Crippen LogP contribution is 2.30. The number of carbonyl (C=O) groups is 1. The Kier molecular flexibility index (Phi) is 4.63. The number of hydrogen-bond acceptors (Lipinski definition) is 7. The van der Waals surface area contributed by atoms with Crippen molar-refractivity contribution >= 4 is 40.0 Å². The zero-order valence-electron chi connectivity index (χ0n) is 12.4. The number of nitrogens with one attached hydrogen (secondary N) is 2. The fourth-order valence-electron chi connectivity index (χ4n) is 1.86. The maximum atomic E-state index is 12.0. The second-order valence-corrected chi connectivity index (χ2v) is 7.58. The first-order valence-electron chi connectivity index (χ1n) is 7.18. The molecule has 0 saturated heterocycles. The van der Waals surface area contributed by atoms with Crippen LogP contribution in [0.5, 0.6) is 0 Å². The number of hydrogen-bond donors (Lipinski definition) is 2. The van der Waals surface area contributed by atoms with Gasteiger partial charge in [-0.05, 0) is 26.7 Å². The van der Waals surface area contributed by atoms with E-state index >= 15 is 0 Å². The summed E-state index contributed by atoms with van der Waals surface area (Å²) in [6, 6.07) is 2.56. The summed E-state index contributed by atoms with van der Waals surface area (Å²) < 4.78 is 2.58. The van der Waals surface area contributed by atoms with Crippen molar-refractivity contribution in [3.8, 4) is 0 Å². The molecule has 1 fully saturated rings. The molecule has 2 N–H and O–H groups in total. The topological polar surface area (TPSA) is 84.7 Å². The van der Waals surface area contributed by atoms with Gasteiger partial charge in [-0.1, -0.05) is 23.1 Å². The first-order chi connectivity index (χ1) is 10.6. The smallest absolute Gasteiger partial charge is 0.235 e. The fourth-order valence-corrected chi connectivity index (χ4v) is 3.49. The molecule has 7 nitrogen and oxygen atoms in total. The summed E-state index contributed by atoms with van der Waals surface area (Å²) in [4.78, 5) is 12.0. The normalized spacial score (nSPS) is 14.3. The quantitative estimate of drug-likeness (QED) is 0.755. The van der Waals surface area contributed by atoms with Gasteiger partial charge in [0.25, 0.3) is 0 Å². The van der Waals surface area contributed by atoms with E-state index in [-0.39, 0.29) is 11.9 Å². The minimum Gasteiger partial charge on any atom is -0.357 e. The van der Waals surface area contributed by atoms with Gasteiger partial charge in [0.2, 0.25) is 11.0 Å².